The third-order valence-corrected chi connectivity index (χ3v) is 3.08. The molecule has 1 N–H and O–H groups in total. The summed E-state index contributed by atoms with van der Waals surface area (Å²) in [6.07, 6.45) is 0. The van der Waals surface area contributed by atoms with E-state index in [1.54, 1.807) is 30.1 Å². The van der Waals surface area contributed by atoms with Crippen molar-refractivity contribution in [3.8, 4) is 6.07 Å². The van der Waals surface area contributed by atoms with E-state index in [4.69, 9.17) is 15.1 Å². The normalized spacial score (nSPS) is 22.4. The van der Waals surface area contributed by atoms with Crippen LogP contribution in [0.5, 0.6) is 0 Å². The first kappa shape index (κ1) is 12.3. The molecule has 2 atom stereocenters. The zero-order valence-electron chi connectivity index (χ0n) is 9.91. The number of likely N-dealkylation sites (N-methyl/N-ethyl adjacent to an activating group) is 1. The Bertz CT molecular complexity index is 498. The average Bonchev–Trinajstić information content (AvgIpc) is 2.87. The number of hydrogen-bond donors (Lipinski definition) is 1. The summed E-state index contributed by atoms with van der Waals surface area (Å²) in [7, 11) is 1.76. The lowest BCUT2D eigenvalue weighted by Crippen LogP contribution is -2.41. The van der Waals surface area contributed by atoms with Crippen LogP contribution in [0, 0.1) is 17.2 Å². The first-order valence-electron chi connectivity index (χ1n) is 5.54. The number of carbonyl (C=O) groups is 1. The van der Waals surface area contributed by atoms with Gasteiger partial charge in [0.05, 0.1) is 19.3 Å². The van der Waals surface area contributed by atoms with Gasteiger partial charge < -0.3 is 14.7 Å². The molecule has 2 unspecified atom stereocenters. The average molecular weight is 247 g/mol. The van der Waals surface area contributed by atoms with E-state index < -0.39 is 11.9 Å². The fourth-order valence-electron chi connectivity index (χ4n) is 2.01. The van der Waals surface area contributed by atoms with Crippen LogP contribution in [0.4, 0.5) is 5.82 Å². The second-order valence-corrected chi connectivity index (χ2v) is 4.15. The quantitative estimate of drug-likeness (QED) is 0.836. The Balaban J connectivity index is 2.22. The van der Waals surface area contributed by atoms with E-state index in [1.807, 2.05) is 6.07 Å². The molecule has 6 nitrogen and oxygen atoms in total. The molecule has 18 heavy (non-hydrogen) atoms. The number of anilines is 1. The van der Waals surface area contributed by atoms with E-state index in [1.165, 1.54) is 0 Å². The van der Waals surface area contributed by atoms with Crippen molar-refractivity contribution in [2.45, 2.75) is 6.04 Å². The molecular weight excluding hydrogens is 234 g/mol. The number of carboxylic acids is 1. The Labute approximate surface area is 104 Å². The molecule has 1 aromatic rings. The third kappa shape index (κ3) is 2.26. The number of aliphatic carboxylic acids is 1. The summed E-state index contributed by atoms with van der Waals surface area (Å²) in [6, 6.07) is 6.78. The van der Waals surface area contributed by atoms with Crippen molar-refractivity contribution >= 4 is 11.8 Å². The third-order valence-electron chi connectivity index (χ3n) is 3.08. The summed E-state index contributed by atoms with van der Waals surface area (Å²) < 4.78 is 5.21. The highest BCUT2D eigenvalue weighted by Crippen LogP contribution is 2.23. The van der Waals surface area contributed by atoms with E-state index >= 15 is 0 Å². The summed E-state index contributed by atoms with van der Waals surface area (Å²) in [6.45, 7) is 0.564. The summed E-state index contributed by atoms with van der Waals surface area (Å²) in [5.74, 6) is -0.862. The molecule has 1 saturated heterocycles. The number of ether oxygens (including phenoxy) is 1. The van der Waals surface area contributed by atoms with Gasteiger partial charge >= 0.3 is 5.97 Å². The van der Waals surface area contributed by atoms with Crippen molar-refractivity contribution < 1.29 is 14.6 Å². The van der Waals surface area contributed by atoms with Gasteiger partial charge in [-0.2, -0.15) is 5.26 Å². The van der Waals surface area contributed by atoms with Crippen LogP contribution in [0.3, 0.4) is 0 Å². The molecule has 1 aromatic heterocycles. The molecule has 1 fully saturated rings. The molecule has 0 aromatic carbocycles. The topological polar surface area (TPSA) is 86.5 Å². The summed E-state index contributed by atoms with van der Waals surface area (Å²) in [4.78, 5) is 17.0. The van der Waals surface area contributed by atoms with Crippen molar-refractivity contribution in [2.24, 2.45) is 5.92 Å². The van der Waals surface area contributed by atoms with E-state index in [0.717, 1.165) is 0 Å². The molecule has 6 heteroatoms. The molecule has 0 radical (unpaired) electrons. The Morgan fingerprint density at radius 2 is 2.39 bits per heavy atom. The van der Waals surface area contributed by atoms with Crippen molar-refractivity contribution in [3.63, 3.8) is 0 Å². The summed E-state index contributed by atoms with van der Waals surface area (Å²) in [5.41, 5.74) is 0.310. The van der Waals surface area contributed by atoms with Crippen LogP contribution in [0.15, 0.2) is 18.2 Å². The van der Waals surface area contributed by atoms with Crippen LogP contribution in [0.2, 0.25) is 0 Å². The fourth-order valence-corrected chi connectivity index (χ4v) is 2.01. The van der Waals surface area contributed by atoms with Crippen LogP contribution >= 0.6 is 0 Å². The number of nitrogens with zero attached hydrogens (tertiary/aromatic N) is 3. The second kappa shape index (κ2) is 5.02. The van der Waals surface area contributed by atoms with Crippen molar-refractivity contribution in [2.75, 3.05) is 25.2 Å². The van der Waals surface area contributed by atoms with Crippen LogP contribution in [-0.4, -0.2) is 42.4 Å². The summed E-state index contributed by atoms with van der Waals surface area (Å²) >= 11 is 0. The van der Waals surface area contributed by atoms with E-state index in [2.05, 4.69) is 4.98 Å². The Morgan fingerprint density at radius 3 is 3.06 bits per heavy atom. The molecule has 2 heterocycles. The lowest BCUT2D eigenvalue weighted by molar-refractivity contribution is -0.141. The number of aromatic nitrogens is 1. The standard InChI is InChI=1S/C12H13N3O3/c1-15(10-7-18-6-9(10)12(16)17)11-4-2-3-8(5-13)14-11/h2-4,9-10H,6-7H2,1H3,(H,16,17). The van der Waals surface area contributed by atoms with Gasteiger partial charge in [0.2, 0.25) is 0 Å². The maximum Gasteiger partial charge on any atom is 0.311 e. The van der Waals surface area contributed by atoms with E-state index in [-0.39, 0.29) is 12.6 Å². The first-order valence-corrected chi connectivity index (χ1v) is 5.54. The first-order chi connectivity index (χ1) is 8.63. The second-order valence-electron chi connectivity index (χ2n) is 4.15. The molecule has 1 aliphatic heterocycles. The molecule has 0 bridgehead atoms. The largest absolute Gasteiger partial charge is 0.481 e. The highest BCUT2D eigenvalue weighted by atomic mass is 16.5. The van der Waals surface area contributed by atoms with Crippen LogP contribution in [0.1, 0.15) is 5.69 Å². The molecule has 94 valence electrons. The van der Waals surface area contributed by atoms with E-state index in [9.17, 15) is 4.79 Å². The fraction of sp³-hybridized carbons (Fsp3) is 0.417. The highest BCUT2D eigenvalue weighted by Gasteiger charge is 2.37. The zero-order valence-corrected chi connectivity index (χ0v) is 9.91. The lowest BCUT2D eigenvalue weighted by Gasteiger charge is -2.27. The van der Waals surface area contributed by atoms with Gasteiger partial charge in [0.1, 0.15) is 23.5 Å². The van der Waals surface area contributed by atoms with Crippen LogP contribution in [-0.2, 0) is 9.53 Å². The number of hydrogen-bond acceptors (Lipinski definition) is 5. The smallest absolute Gasteiger partial charge is 0.311 e. The zero-order chi connectivity index (χ0) is 13.1. The molecule has 0 amide bonds. The number of pyridine rings is 1. The van der Waals surface area contributed by atoms with Crippen molar-refractivity contribution in [1.29, 1.82) is 5.26 Å². The summed E-state index contributed by atoms with van der Waals surface area (Å²) in [5, 5.41) is 17.9. The SMILES string of the molecule is CN(c1cccc(C#N)n1)C1COCC1C(=O)O. The van der Waals surface area contributed by atoms with Crippen LogP contribution < -0.4 is 4.90 Å². The van der Waals surface area contributed by atoms with Gasteiger partial charge in [-0.3, -0.25) is 4.79 Å². The highest BCUT2D eigenvalue weighted by molar-refractivity contribution is 5.72. The number of carboxylic acid groups (broad SMARTS) is 1. The molecule has 0 aliphatic carbocycles. The minimum absolute atomic E-state index is 0.211. The van der Waals surface area contributed by atoms with Gasteiger partial charge in [-0.1, -0.05) is 6.07 Å². The predicted octanol–water partition coefficient (Wildman–Crippen LogP) is 0.489. The Morgan fingerprint density at radius 1 is 1.61 bits per heavy atom. The minimum atomic E-state index is -0.874. The van der Waals surface area contributed by atoms with Gasteiger partial charge in [-0.05, 0) is 12.1 Å². The molecule has 0 spiro atoms. The monoisotopic (exact) mass is 247 g/mol. The number of nitriles is 1. The van der Waals surface area contributed by atoms with Gasteiger partial charge in [0.25, 0.3) is 0 Å². The molecular formula is C12H13N3O3. The van der Waals surface area contributed by atoms with Gasteiger partial charge in [0, 0.05) is 7.05 Å². The number of rotatable bonds is 3. The molecule has 1 aliphatic rings. The lowest BCUT2D eigenvalue weighted by atomic mass is 10.0. The van der Waals surface area contributed by atoms with E-state index in [0.29, 0.717) is 18.1 Å². The Kier molecular flexibility index (Phi) is 3.44. The van der Waals surface area contributed by atoms with Crippen molar-refractivity contribution in [3.05, 3.63) is 23.9 Å². The minimum Gasteiger partial charge on any atom is -0.481 e. The van der Waals surface area contributed by atoms with Gasteiger partial charge in [-0.25, -0.2) is 4.98 Å². The maximum atomic E-state index is 11.1. The Hall–Kier alpha value is -2.13. The molecule has 0 saturated carbocycles. The van der Waals surface area contributed by atoms with Crippen LogP contribution in [0.25, 0.3) is 0 Å². The van der Waals surface area contributed by atoms with Gasteiger partial charge in [0.15, 0.2) is 0 Å². The molecule has 2 rings (SSSR count). The van der Waals surface area contributed by atoms with Gasteiger partial charge in [-0.15, -0.1) is 0 Å². The van der Waals surface area contributed by atoms with Crippen molar-refractivity contribution in [1.82, 2.24) is 4.98 Å². The maximum absolute atomic E-state index is 11.1. The predicted molar refractivity (Wildman–Crippen MR) is 63.1 cm³/mol.